The Labute approximate surface area is 201 Å². The first-order chi connectivity index (χ1) is 16.6. The van der Waals surface area contributed by atoms with Gasteiger partial charge in [-0.25, -0.2) is 24.5 Å². The number of nitrogens with zero attached hydrogens (tertiary/aromatic N) is 5. The fourth-order valence-corrected chi connectivity index (χ4v) is 5.22. The molecule has 174 valence electrons. The summed E-state index contributed by atoms with van der Waals surface area (Å²) in [6.45, 7) is 0. The highest BCUT2D eigenvalue weighted by Crippen LogP contribution is 2.34. The number of esters is 2. The lowest BCUT2D eigenvalue weighted by Gasteiger charge is -2.03. The predicted octanol–water partition coefficient (Wildman–Crippen LogP) is 3.10. The minimum Gasteiger partial charge on any atom is -0.464 e. The molecule has 11 nitrogen and oxygen atoms in total. The van der Waals surface area contributed by atoms with Gasteiger partial charge in [0.1, 0.15) is 34.7 Å². The first kappa shape index (κ1) is 22.3. The van der Waals surface area contributed by atoms with Crippen molar-refractivity contribution in [1.82, 2.24) is 15.0 Å². The van der Waals surface area contributed by atoms with Crippen molar-refractivity contribution in [3.8, 4) is 0 Å². The van der Waals surface area contributed by atoms with Crippen LogP contribution in [0.15, 0.2) is 49.5 Å². The van der Waals surface area contributed by atoms with Crippen molar-refractivity contribution in [3.05, 3.63) is 65.3 Å². The van der Waals surface area contributed by atoms with E-state index in [1.54, 1.807) is 0 Å². The molecule has 0 fully saturated rings. The SMILES string of the molecule is COC(=O)c1coc(C2CSC(c3cccc(C4=NC(c5nc(C(=O)OC)co5)CS4)n3)=N2)n1. The summed E-state index contributed by atoms with van der Waals surface area (Å²) < 4.78 is 20.2. The second kappa shape index (κ2) is 9.43. The first-order valence-electron chi connectivity index (χ1n) is 10.0. The van der Waals surface area contributed by atoms with Crippen LogP contribution < -0.4 is 0 Å². The van der Waals surface area contributed by atoms with Crippen LogP contribution >= 0.6 is 23.5 Å². The second-order valence-corrected chi connectivity index (χ2v) is 9.07. The van der Waals surface area contributed by atoms with Gasteiger partial charge in [-0.15, -0.1) is 23.5 Å². The molecule has 0 saturated carbocycles. The molecule has 0 amide bonds. The molecule has 0 N–H and O–H groups in total. The van der Waals surface area contributed by atoms with Gasteiger partial charge in [0.15, 0.2) is 11.4 Å². The van der Waals surface area contributed by atoms with E-state index in [0.717, 1.165) is 10.1 Å². The molecule has 3 aromatic rings. The molecule has 5 rings (SSSR count). The van der Waals surface area contributed by atoms with E-state index in [1.807, 2.05) is 18.2 Å². The van der Waals surface area contributed by atoms with Crippen LogP contribution in [-0.4, -0.2) is 62.7 Å². The Bertz CT molecular complexity index is 1220. The standard InChI is InChI=1S/C21H17N5O6S2/c1-29-20(27)12-6-31-16(23-12)14-8-33-18(25-14)10-4-3-5-11(22-10)19-26-15(9-34-19)17-24-13(7-32-17)21(28)30-2/h3-7,14-15H,8-9H2,1-2H3. The summed E-state index contributed by atoms with van der Waals surface area (Å²) in [6, 6.07) is 5.01. The maximum Gasteiger partial charge on any atom is 0.360 e. The molecule has 5 heterocycles. The Hall–Kier alpha value is -3.45. The molecule has 2 aliphatic rings. The third kappa shape index (κ3) is 4.35. The van der Waals surface area contributed by atoms with Gasteiger partial charge in [0.25, 0.3) is 0 Å². The smallest absolute Gasteiger partial charge is 0.360 e. The molecule has 2 atom stereocenters. The van der Waals surface area contributed by atoms with Crippen LogP contribution in [0.1, 0.15) is 56.2 Å². The number of ether oxygens (including phenoxy) is 2. The maximum atomic E-state index is 11.6. The van der Waals surface area contributed by atoms with Crippen molar-refractivity contribution in [3.63, 3.8) is 0 Å². The molecule has 34 heavy (non-hydrogen) atoms. The minimum absolute atomic E-state index is 0.113. The van der Waals surface area contributed by atoms with E-state index < -0.39 is 11.9 Å². The van der Waals surface area contributed by atoms with Gasteiger partial charge in [0, 0.05) is 11.5 Å². The lowest BCUT2D eigenvalue weighted by atomic mass is 10.3. The Morgan fingerprint density at radius 2 is 1.29 bits per heavy atom. The van der Waals surface area contributed by atoms with E-state index in [-0.39, 0.29) is 23.5 Å². The molecule has 2 unspecified atom stereocenters. The normalized spacial score (nSPS) is 19.6. The van der Waals surface area contributed by atoms with E-state index >= 15 is 0 Å². The lowest BCUT2D eigenvalue weighted by molar-refractivity contribution is 0.0585. The highest BCUT2D eigenvalue weighted by atomic mass is 32.2. The fraction of sp³-hybridized carbons (Fsp3) is 0.286. The molecule has 0 radical (unpaired) electrons. The third-order valence-corrected chi connectivity index (χ3v) is 7.03. The summed E-state index contributed by atoms with van der Waals surface area (Å²) in [5, 5.41) is 1.50. The molecule has 2 aliphatic heterocycles. The summed E-state index contributed by atoms with van der Waals surface area (Å²) in [6.07, 6.45) is 2.54. The van der Waals surface area contributed by atoms with E-state index in [0.29, 0.717) is 34.7 Å². The number of hydrogen-bond donors (Lipinski definition) is 0. The van der Waals surface area contributed by atoms with Crippen LogP contribution in [0.3, 0.4) is 0 Å². The summed E-state index contributed by atoms with van der Waals surface area (Å²) in [4.78, 5) is 45.7. The van der Waals surface area contributed by atoms with E-state index in [2.05, 4.69) is 29.4 Å². The molecule has 13 heteroatoms. The van der Waals surface area contributed by atoms with Gasteiger partial charge in [0.2, 0.25) is 11.8 Å². The zero-order valence-corrected chi connectivity index (χ0v) is 19.6. The van der Waals surface area contributed by atoms with Crippen LogP contribution in [0.25, 0.3) is 0 Å². The Morgan fingerprint density at radius 1 is 0.824 bits per heavy atom. The quantitative estimate of drug-likeness (QED) is 0.462. The Balaban J connectivity index is 1.33. The van der Waals surface area contributed by atoms with Gasteiger partial charge < -0.3 is 18.3 Å². The summed E-state index contributed by atoms with van der Waals surface area (Å²) in [5.74, 6) is 0.835. The van der Waals surface area contributed by atoms with Crippen LogP contribution in [-0.2, 0) is 9.47 Å². The van der Waals surface area contributed by atoms with Crippen LogP contribution in [0.2, 0.25) is 0 Å². The van der Waals surface area contributed by atoms with Gasteiger partial charge in [-0.05, 0) is 12.1 Å². The van der Waals surface area contributed by atoms with E-state index in [9.17, 15) is 9.59 Å². The molecule has 0 aliphatic carbocycles. The first-order valence-corrected chi connectivity index (χ1v) is 12.0. The summed E-state index contributed by atoms with van der Waals surface area (Å²) >= 11 is 3.07. The number of pyridine rings is 1. The predicted molar refractivity (Wildman–Crippen MR) is 123 cm³/mol. The maximum absolute atomic E-state index is 11.6. The zero-order chi connectivity index (χ0) is 23.7. The Morgan fingerprint density at radius 3 is 1.74 bits per heavy atom. The molecule has 0 saturated heterocycles. The van der Waals surface area contributed by atoms with Crippen molar-refractivity contribution in [2.24, 2.45) is 9.98 Å². The number of methoxy groups -OCH3 is 2. The summed E-state index contributed by atoms with van der Waals surface area (Å²) in [5.41, 5.74) is 1.64. The monoisotopic (exact) mass is 499 g/mol. The number of rotatable bonds is 6. The number of aliphatic imine (C=N–C) groups is 2. The van der Waals surface area contributed by atoms with Gasteiger partial charge in [0.05, 0.1) is 25.6 Å². The topological polar surface area (TPSA) is 142 Å². The summed E-state index contributed by atoms with van der Waals surface area (Å²) in [7, 11) is 2.58. The molecular formula is C21H17N5O6S2. The number of oxazole rings is 2. The molecule has 3 aromatic heterocycles. The van der Waals surface area contributed by atoms with Gasteiger partial charge in [-0.1, -0.05) is 6.07 Å². The average Bonchev–Trinajstić information content (AvgIpc) is 3.68. The average molecular weight is 500 g/mol. The number of hydrogen-bond acceptors (Lipinski definition) is 13. The molecule has 0 spiro atoms. The van der Waals surface area contributed by atoms with Gasteiger partial charge in [-0.2, -0.15) is 0 Å². The zero-order valence-electron chi connectivity index (χ0n) is 18.0. The van der Waals surface area contributed by atoms with Gasteiger partial charge in [-0.3, -0.25) is 9.98 Å². The van der Waals surface area contributed by atoms with Crippen molar-refractivity contribution in [2.75, 3.05) is 25.7 Å². The Kier molecular flexibility index (Phi) is 6.20. The van der Waals surface area contributed by atoms with Crippen molar-refractivity contribution in [2.45, 2.75) is 12.1 Å². The molecule has 0 aromatic carbocycles. The molecular weight excluding hydrogens is 482 g/mol. The number of thioether (sulfide) groups is 2. The second-order valence-electron chi connectivity index (χ2n) is 7.06. The highest BCUT2D eigenvalue weighted by molar-refractivity contribution is 8.15. The third-order valence-electron chi connectivity index (χ3n) is 4.89. The van der Waals surface area contributed by atoms with Crippen LogP contribution in [0.5, 0.6) is 0 Å². The van der Waals surface area contributed by atoms with Crippen LogP contribution in [0, 0.1) is 0 Å². The number of aromatic nitrogens is 3. The largest absolute Gasteiger partial charge is 0.464 e. The van der Waals surface area contributed by atoms with E-state index in [4.69, 9.17) is 13.8 Å². The van der Waals surface area contributed by atoms with E-state index in [1.165, 1.54) is 50.3 Å². The number of carbonyl (C=O) groups excluding carboxylic acids is 2. The van der Waals surface area contributed by atoms with Crippen molar-refractivity contribution in [1.29, 1.82) is 0 Å². The number of carbonyl (C=O) groups is 2. The molecule has 0 bridgehead atoms. The van der Waals surface area contributed by atoms with Crippen LogP contribution in [0.4, 0.5) is 0 Å². The minimum atomic E-state index is -0.557. The highest BCUT2D eigenvalue weighted by Gasteiger charge is 2.29. The van der Waals surface area contributed by atoms with Crippen molar-refractivity contribution >= 4 is 45.5 Å². The fourth-order valence-electron chi connectivity index (χ4n) is 3.23. The van der Waals surface area contributed by atoms with Crippen molar-refractivity contribution < 1.29 is 27.9 Å². The lowest BCUT2D eigenvalue weighted by Crippen LogP contribution is -2.03. The van der Waals surface area contributed by atoms with Gasteiger partial charge >= 0.3 is 11.9 Å².